The highest BCUT2D eigenvalue weighted by molar-refractivity contribution is 5.99. The molecule has 1 aliphatic heterocycles. The predicted octanol–water partition coefficient (Wildman–Crippen LogP) is 2.74. The van der Waals surface area contributed by atoms with Crippen LogP contribution in [0.4, 0.5) is 5.82 Å². The Morgan fingerprint density at radius 2 is 2.21 bits per heavy atom. The fourth-order valence-electron chi connectivity index (χ4n) is 3.72. The highest BCUT2D eigenvalue weighted by atomic mass is 16.3. The molecule has 1 amide bonds. The van der Waals surface area contributed by atoms with Gasteiger partial charge in [0.05, 0.1) is 5.56 Å². The molecule has 1 aliphatic rings. The van der Waals surface area contributed by atoms with Crippen molar-refractivity contribution in [2.75, 3.05) is 18.0 Å². The summed E-state index contributed by atoms with van der Waals surface area (Å²) in [6.45, 7) is 5.61. The number of rotatable bonds is 5. The number of furan rings is 1. The van der Waals surface area contributed by atoms with Crippen molar-refractivity contribution >= 4 is 11.7 Å². The molecule has 152 valence electrons. The number of amides is 1. The van der Waals surface area contributed by atoms with Crippen LogP contribution in [-0.2, 0) is 13.5 Å². The zero-order valence-corrected chi connectivity index (χ0v) is 17.1. The van der Waals surface area contributed by atoms with Crippen LogP contribution < -0.4 is 10.2 Å². The molecule has 1 N–H and O–H groups in total. The number of aromatic nitrogens is 4. The van der Waals surface area contributed by atoms with E-state index in [1.54, 1.807) is 24.3 Å². The number of piperidine rings is 1. The Hall–Kier alpha value is -3.16. The summed E-state index contributed by atoms with van der Waals surface area (Å²) in [7, 11) is 1.80. The lowest BCUT2D eigenvalue weighted by Crippen LogP contribution is -2.48. The Labute approximate surface area is 170 Å². The van der Waals surface area contributed by atoms with Crippen molar-refractivity contribution in [3.8, 4) is 11.5 Å². The molecule has 0 aromatic carbocycles. The molecule has 1 saturated heterocycles. The van der Waals surface area contributed by atoms with Gasteiger partial charge in [0.25, 0.3) is 5.91 Å². The van der Waals surface area contributed by atoms with Gasteiger partial charge in [-0.1, -0.05) is 6.92 Å². The van der Waals surface area contributed by atoms with E-state index in [0.717, 1.165) is 49.6 Å². The molecule has 8 heteroatoms. The molecule has 8 nitrogen and oxygen atoms in total. The lowest BCUT2D eigenvalue weighted by atomic mass is 10.0. The largest absolute Gasteiger partial charge is 0.460 e. The third kappa shape index (κ3) is 4.16. The molecule has 4 heterocycles. The van der Waals surface area contributed by atoms with E-state index >= 15 is 0 Å². The minimum atomic E-state index is -0.133. The minimum absolute atomic E-state index is 0.0442. The van der Waals surface area contributed by atoms with Crippen molar-refractivity contribution in [2.45, 2.75) is 39.2 Å². The number of carbonyl (C=O) groups excluding carboxylic acids is 1. The second-order valence-electron chi connectivity index (χ2n) is 7.46. The molecule has 0 bridgehead atoms. The molecular formula is C21H26N6O2. The van der Waals surface area contributed by atoms with Crippen LogP contribution in [0.15, 0.2) is 35.1 Å². The van der Waals surface area contributed by atoms with Gasteiger partial charge in [-0.15, -0.1) is 0 Å². The van der Waals surface area contributed by atoms with E-state index in [9.17, 15) is 4.79 Å². The summed E-state index contributed by atoms with van der Waals surface area (Å²) < 4.78 is 7.32. The van der Waals surface area contributed by atoms with E-state index in [-0.39, 0.29) is 11.9 Å². The van der Waals surface area contributed by atoms with Crippen molar-refractivity contribution in [2.24, 2.45) is 7.05 Å². The average Bonchev–Trinajstić information content (AvgIpc) is 3.33. The van der Waals surface area contributed by atoms with Crippen LogP contribution in [0.25, 0.3) is 11.5 Å². The quantitative estimate of drug-likeness (QED) is 0.716. The SMILES string of the molecule is CCc1cc(N2CCCC(NC(=O)c3cn(C)nc3-c3ccc(C)o3)C2)ncn1. The average molecular weight is 394 g/mol. The Morgan fingerprint density at radius 3 is 2.97 bits per heavy atom. The summed E-state index contributed by atoms with van der Waals surface area (Å²) in [5, 5.41) is 7.60. The van der Waals surface area contributed by atoms with Crippen LogP contribution in [0, 0.1) is 6.92 Å². The summed E-state index contributed by atoms with van der Waals surface area (Å²) in [4.78, 5) is 23.9. The van der Waals surface area contributed by atoms with Gasteiger partial charge < -0.3 is 14.6 Å². The lowest BCUT2D eigenvalue weighted by Gasteiger charge is -2.34. The van der Waals surface area contributed by atoms with Crippen LogP contribution >= 0.6 is 0 Å². The van der Waals surface area contributed by atoms with Crippen molar-refractivity contribution in [1.29, 1.82) is 0 Å². The Kier molecular flexibility index (Phi) is 5.33. The number of hydrogen-bond donors (Lipinski definition) is 1. The maximum absolute atomic E-state index is 13.0. The van der Waals surface area contributed by atoms with Gasteiger partial charge in [0.2, 0.25) is 0 Å². The first-order chi connectivity index (χ1) is 14.0. The Morgan fingerprint density at radius 1 is 1.34 bits per heavy atom. The maximum Gasteiger partial charge on any atom is 0.255 e. The van der Waals surface area contributed by atoms with Gasteiger partial charge in [0.15, 0.2) is 5.76 Å². The summed E-state index contributed by atoms with van der Waals surface area (Å²) >= 11 is 0. The Balaban J connectivity index is 1.49. The normalized spacial score (nSPS) is 16.8. The highest BCUT2D eigenvalue weighted by Gasteiger charge is 2.26. The third-order valence-electron chi connectivity index (χ3n) is 5.20. The van der Waals surface area contributed by atoms with Gasteiger partial charge in [-0.05, 0) is 38.3 Å². The fourth-order valence-corrected chi connectivity index (χ4v) is 3.72. The van der Waals surface area contributed by atoms with Crippen LogP contribution in [0.2, 0.25) is 0 Å². The van der Waals surface area contributed by atoms with Gasteiger partial charge in [-0.3, -0.25) is 9.48 Å². The van der Waals surface area contributed by atoms with Crippen molar-refractivity contribution in [3.05, 3.63) is 47.7 Å². The zero-order valence-electron chi connectivity index (χ0n) is 17.1. The molecule has 1 atom stereocenters. The Bertz CT molecular complexity index is 1010. The molecule has 1 unspecified atom stereocenters. The molecule has 3 aromatic heterocycles. The first-order valence-corrected chi connectivity index (χ1v) is 10.0. The minimum Gasteiger partial charge on any atom is -0.460 e. The topological polar surface area (TPSA) is 89.1 Å². The summed E-state index contributed by atoms with van der Waals surface area (Å²) in [6, 6.07) is 5.79. The predicted molar refractivity (Wildman–Crippen MR) is 110 cm³/mol. The van der Waals surface area contributed by atoms with Crippen LogP contribution in [0.1, 0.15) is 41.6 Å². The standard InChI is InChI=1S/C21H26N6O2/c1-4-15-10-19(23-13-22-15)27-9-5-6-16(11-27)24-21(28)17-12-26(3)25-20(17)18-8-7-14(2)29-18/h7-8,10,12-13,16H,4-6,9,11H2,1-3H3,(H,24,28). The number of nitrogens with one attached hydrogen (secondary N) is 1. The molecule has 0 radical (unpaired) electrons. The maximum atomic E-state index is 13.0. The number of carbonyl (C=O) groups is 1. The number of nitrogens with zero attached hydrogens (tertiary/aromatic N) is 5. The summed E-state index contributed by atoms with van der Waals surface area (Å²) in [5.74, 6) is 2.18. The number of aryl methyl sites for hydroxylation is 3. The van der Waals surface area contributed by atoms with Crippen molar-refractivity contribution < 1.29 is 9.21 Å². The van der Waals surface area contributed by atoms with Crippen molar-refractivity contribution in [3.63, 3.8) is 0 Å². The molecule has 3 aromatic rings. The molecule has 0 saturated carbocycles. The van der Waals surface area contributed by atoms with E-state index < -0.39 is 0 Å². The second kappa shape index (κ2) is 8.06. The first kappa shape index (κ1) is 19.2. The zero-order chi connectivity index (χ0) is 20.4. The number of hydrogen-bond acceptors (Lipinski definition) is 6. The molecule has 0 aliphatic carbocycles. The van der Waals surface area contributed by atoms with E-state index in [2.05, 4.69) is 32.2 Å². The molecule has 1 fully saturated rings. The summed E-state index contributed by atoms with van der Waals surface area (Å²) in [5.41, 5.74) is 2.11. The van der Waals surface area contributed by atoms with E-state index in [1.165, 1.54) is 0 Å². The molecular weight excluding hydrogens is 368 g/mol. The number of anilines is 1. The summed E-state index contributed by atoms with van der Waals surface area (Å²) in [6.07, 6.45) is 6.15. The third-order valence-corrected chi connectivity index (χ3v) is 5.20. The van der Waals surface area contributed by atoms with Gasteiger partial charge >= 0.3 is 0 Å². The van der Waals surface area contributed by atoms with E-state index in [1.807, 2.05) is 25.1 Å². The van der Waals surface area contributed by atoms with Gasteiger partial charge in [-0.2, -0.15) is 5.10 Å². The van der Waals surface area contributed by atoms with Gasteiger partial charge in [-0.25, -0.2) is 9.97 Å². The smallest absolute Gasteiger partial charge is 0.255 e. The lowest BCUT2D eigenvalue weighted by molar-refractivity contribution is 0.0933. The van der Waals surface area contributed by atoms with Crippen LogP contribution in [0.3, 0.4) is 0 Å². The fraction of sp³-hybridized carbons (Fsp3) is 0.429. The second-order valence-corrected chi connectivity index (χ2v) is 7.46. The first-order valence-electron chi connectivity index (χ1n) is 10.0. The van der Waals surface area contributed by atoms with Gasteiger partial charge in [0.1, 0.15) is 23.6 Å². The highest BCUT2D eigenvalue weighted by Crippen LogP contribution is 2.25. The molecule has 0 spiro atoms. The van der Waals surface area contributed by atoms with E-state index in [0.29, 0.717) is 17.0 Å². The van der Waals surface area contributed by atoms with Crippen LogP contribution in [0.5, 0.6) is 0 Å². The van der Waals surface area contributed by atoms with E-state index in [4.69, 9.17) is 4.42 Å². The van der Waals surface area contributed by atoms with Gasteiger partial charge in [0, 0.05) is 44.1 Å². The van der Waals surface area contributed by atoms with Crippen molar-refractivity contribution in [1.82, 2.24) is 25.1 Å². The molecule has 29 heavy (non-hydrogen) atoms. The molecule has 4 rings (SSSR count). The monoisotopic (exact) mass is 394 g/mol. The van der Waals surface area contributed by atoms with Crippen LogP contribution in [-0.4, -0.2) is 44.8 Å².